The van der Waals surface area contributed by atoms with E-state index in [1.54, 1.807) is 20.3 Å². The van der Waals surface area contributed by atoms with E-state index in [1.807, 2.05) is 30.3 Å². The molecule has 0 saturated carbocycles. The minimum absolute atomic E-state index is 0.0181. The van der Waals surface area contributed by atoms with E-state index in [0.717, 1.165) is 30.4 Å². The minimum atomic E-state index is -0.411. The Kier molecular flexibility index (Phi) is 7.11. The van der Waals surface area contributed by atoms with E-state index in [0.29, 0.717) is 17.9 Å². The molecule has 2 aromatic rings. The first-order valence-electron chi connectivity index (χ1n) is 9.84. The number of fused-ring (bicyclic) bond motifs is 1. The third-order valence-corrected chi connectivity index (χ3v) is 5.10. The number of rotatable bonds is 8. The maximum atomic E-state index is 12.2. The lowest BCUT2D eigenvalue weighted by Gasteiger charge is -2.26. The van der Waals surface area contributed by atoms with Crippen LogP contribution in [0.5, 0.6) is 11.5 Å². The number of benzene rings is 2. The lowest BCUT2D eigenvalue weighted by Crippen LogP contribution is -2.34. The summed E-state index contributed by atoms with van der Waals surface area (Å²) in [6.45, 7) is -0.265. The SMILES string of the molecule is COc1cc(CCC(=O)OCC(=O)N[C@@H]2CCCc3ccccc32)cc(OC)c1. The summed E-state index contributed by atoms with van der Waals surface area (Å²) in [5, 5.41) is 2.99. The Hall–Kier alpha value is -3.02. The highest BCUT2D eigenvalue weighted by atomic mass is 16.5. The Morgan fingerprint density at radius 2 is 1.79 bits per heavy atom. The van der Waals surface area contributed by atoms with Gasteiger partial charge in [0, 0.05) is 12.5 Å². The van der Waals surface area contributed by atoms with Gasteiger partial charge in [-0.2, -0.15) is 0 Å². The largest absolute Gasteiger partial charge is 0.497 e. The molecule has 0 fully saturated rings. The topological polar surface area (TPSA) is 73.9 Å². The summed E-state index contributed by atoms with van der Waals surface area (Å²) in [7, 11) is 3.16. The van der Waals surface area contributed by atoms with Crippen LogP contribution in [0.15, 0.2) is 42.5 Å². The van der Waals surface area contributed by atoms with Crippen molar-refractivity contribution < 1.29 is 23.8 Å². The van der Waals surface area contributed by atoms with Gasteiger partial charge in [-0.25, -0.2) is 0 Å². The lowest BCUT2D eigenvalue weighted by atomic mass is 9.88. The van der Waals surface area contributed by atoms with Crippen LogP contribution in [-0.2, 0) is 27.2 Å². The van der Waals surface area contributed by atoms with Crippen LogP contribution in [0, 0.1) is 0 Å². The van der Waals surface area contributed by atoms with Gasteiger partial charge in [0.15, 0.2) is 6.61 Å². The number of ether oxygens (including phenoxy) is 3. The van der Waals surface area contributed by atoms with Crippen molar-refractivity contribution in [3.63, 3.8) is 0 Å². The molecule has 0 radical (unpaired) electrons. The molecular formula is C23H27NO5. The number of carbonyl (C=O) groups excluding carboxylic acids is 2. The van der Waals surface area contributed by atoms with Crippen LogP contribution in [0.3, 0.4) is 0 Å². The quantitative estimate of drug-likeness (QED) is 0.692. The lowest BCUT2D eigenvalue weighted by molar-refractivity contribution is -0.148. The average molecular weight is 397 g/mol. The highest BCUT2D eigenvalue weighted by molar-refractivity contribution is 5.81. The molecule has 0 spiro atoms. The van der Waals surface area contributed by atoms with Gasteiger partial charge < -0.3 is 19.5 Å². The standard InChI is InChI=1S/C23H27NO5/c1-27-18-12-16(13-19(14-18)28-2)10-11-23(26)29-15-22(25)24-21-9-5-7-17-6-3-4-8-20(17)21/h3-4,6,8,12-14,21H,5,7,9-11,15H2,1-2H3,(H,24,25)/t21-/m1/s1. The predicted octanol–water partition coefficient (Wildman–Crippen LogP) is 3.37. The second-order valence-corrected chi connectivity index (χ2v) is 7.09. The van der Waals surface area contributed by atoms with Gasteiger partial charge in [0.05, 0.1) is 20.3 Å². The number of hydrogen-bond acceptors (Lipinski definition) is 5. The van der Waals surface area contributed by atoms with E-state index in [4.69, 9.17) is 14.2 Å². The van der Waals surface area contributed by atoms with Crippen LogP contribution in [0.25, 0.3) is 0 Å². The Bertz CT molecular complexity index is 842. The molecule has 0 aromatic heterocycles. The number of aryl methyl sites for hydroxylation is 2. The highest BCUT2D eigenvalue weighted by Gasteiger charge is 2.21. The van der Waals surface area contributed by atoms with Crippen molar-refractivity contribution in [2.24, 2.45) is 0 Å². The molecule has 0 saturated heterocycles. The smallest absolute Gasteiger partial charge is 0.306 e. The molecule has 3 rings (SSSR count). The minimum Gasteiger partial charge on any atom is -0.497 e. The maximum Gasteiger partial charge on any atom is 0.306 e. The summed E-state index contributed by atoms with van der Waals surface area (Å²) in [4.78, 5) is 24.3. The van der Waals surface area contributed by atoms with Gasteiger partial charge in [0.2, 0.25) is 0 Å². The Labute approximate surface area is 171 Å². The first-order chi connectivity index (χ1) is 14.1. The summed E-state index contributed by atoms with van der Waals surface area (Å²) in [6, 6.07) is 13.6. The van der Waals surface area contributed by atoms with Gasteiger partial charge in [-0.3, -0.25) is 9.59 Å². The van der Waals surface area contributed by atoms with Crippen LogP contribution in [0.4, 0.5) is 0 Å². The van der Waals surface area contributed by atoms with Gasteiger partial charge in [-0.1, -0.05) is 24.3 Å². The molecule has 2 aromatic carbocycles. The maximum absolute atomic E-state index is 12.2. The zero-order valence-corrected chi connectivity index (χ0v) is 16.9. The first kappa shape index (κ1) is 20.7. The number of esters is 1. The molecule has 1 aliphatic rings. The summed E-state index contributed by atoms with van der Waals surface area (Å²) < 4.78 is 15.6. The van der Waals surface area contributed by atoms with Gasteiger partial charge in [0.25, 0.3) is 5.91 Å². The van der Waals surface area contributed by atoms with E-state index < -0.39 is 5.97 Å². The van der Waals surface area contributed by atoms with Crippen molar-refractivity contribution in [2.45, 2.75) is 38.1 Å². The van der Waals surface area contributed by atoms with Crippen LogP contribution >= 0.6 is 0 Å². The van der Waals surface area contributed by atoms with Crippen molar-refractivity contribution in [3.8, 4) is 11.5 Å². The van der Waals surface area contributed by atoms with Crippen LogP contribution in [-0.4, -0.2) is 32.7 Å². The third-order valence-electron chi connectivity index (χ3n) is 5.10. The van der Waals surface area contributed by atoms with Gasteiger partial charge >= 0.3 is 5.97 Å². The zero-order valence-electron chi connectivity index (χ0n) is 16.9. The fourth-order valence-electron chi connectivity index (χ4n) is 3.62. The van der Waals surface area contributed by atoms with Gasteiger partial charge in [-0.15, -0.1) is 0 Å². The van der Waals surface area contributed by atoms with Gasteiger partial charge in [-0.05, 0) is 54.5 Å². The van der Waals surface area contributed by atoms with E-state index in [1.165, 1.54) is 5.56 Å². The molecular weight excluding hydrogens is 370 g/mol. The second kappa shape index (κ2) is 9.96. The van der Waals surface area contributed by atoms with Crippen molar-refractivity contribution >= 4 is 11.9 Å². The number of hydrogen-bond donors (Lipinski definition) is 1. The number of methoxy groups -OCH3 is 2. The van der Waals surface area contributed by atoms with Crippen LogP contribution in [0.2, 0.25) is 0 Å². The molecule has 1 aliphatic carbocycles. The number of nitrogens with one attached hydrogen (secondary N) is 1. The molecule has 29 heavy (non-hydrogen) atoms. The van der Waals surface area contributed by atoms with Crippen molar-refractivity contribution in [1.82, 2.24) is 5.32 Å². The number of carbonyl (C=O) groups is 2. The van der Waals surface area contributed by atoms with Crippen molar-refractivity contribution in [3.05, 3.63) is 59.2 Å². The molecule has 0 unspecified atom stereocenters. The summed E-state index contributed by atoms with van der Waals surface area (Å²) in [5.74, 6) is 0.647. The summed E-state index contributed by atoms with van der Waals surface area (Å²) in [5.41, 5.74) is 3.33. The normalized spacial score (nSPS) is 15.2. The van der Waals surface area contributed by atoms with E-state index in [-0.39, 0.29) is 25.0 Å². The third kappa shape index (κ3) is 5.73. The summed E-state index contributed by atoms with van der Waals surface area (Å²) >= 11 is 0. The van der Waals surface area contributed by atoms with Crippen LogP contribution < -0.4 is 14.8 Å². The van der Waals surface area contributed by atoms with E-state index in [9.17, 15) is 9.59 Å². The van der Waals surface area contributed by atoms with Crippen molar-refractivity contribution in [2.75, 3.05) is 20.8 Å². The Morgan fingerprint density at radius 1 is 1.07 bits per heavy atom. The van der Waals surface area contributed by atoms with E-state index >= 15 is 0 Å². The molecule has 1 amide bonds. The monoisotopic (exact) mass is 397 g/mol. The fraction of sp³-hybridized carbons (Fsp3) is 0.391. The summed E-state index contributed by atoms with van der Waals surface area (Å²) in [6.07, 6.45) is 3.62. The predicted molar refractivity (Wildman–Crippen MR) is 109 cm³/mol. The molecule has 6 nitrogen and oxygen atoms in total. The molecule has 6 heteroatoms. The second-order valence-electron chi connectivity index (χ2n) is 7.09. The zero-order chi connectivity index (χ0) is 20.6. The highest BCUT2D eigenvalue weighted by Crippen LogP contribution is 2.29. The molecule has 1 N–H and O–H groups in total. The Balaban J connectivity index is 1.46. The Morgan fingerprint density at radius 3 is 2.52 bits per heavy atom. The first-order valence-corrected chi connectivity index (χ1v) is 9.84. The van der Waals surface area contributed by atoms with Crippen molar-refractivity contribution in [1.29, 1.82) is 0 Å². The molecule has 154 valence electrons. The molecule has 0 aliphatic heterocycles. The molecule has 1 atom stereocenters. The molecule has 0 heterocycles. The molecule has 0 bridgehead atoms. The fourth-order valence-corrected chi connectivity index (χ4v) is 3.62. The van der Waals surface area contributed by atoms with E-state index in [2.05, 4.69) is 11.4 Å². The van der Waals surface area contributed by atoms with Gasteiger partial charge in [0.1, 0.15) is 11.5 Å². The average Bonchev–Trinajstić information content (AvgIpc) is 2.76. The number of amides is 1. The van der Waals surface area contributed by atoms with Crippen LogP contribution in [0.1, 0.15) is 42.0 Å².